The van der Waals surface area contributed by atoms with Crippen LogP contribution in [0.4, 0.5) is 5.69 Å². The molecule has 1 N–H and O–H groups in total. The van der Waals surface area contributed by atoms with Gasteiger partial charge in [-0.05, 0) is 57.4 Å². The Morgan fingerprint density at radius 2 is 1.69 bits per heavy atom. The van der Waals surface area contributed by atoms with Crippen LogP contribution in [-0.4, -0.2) is 49.5 Å². The van der Waals surface area contributed by atoms with Crippen molar-refractivity contribution < 1.29 is 18.0 Å². The monoisotopic (exact) mass is 555 g/mol. The normalized spacial score (nSPS) is 12.6. The zero-order valence-electron chi connectivity index (χ0n) is 21.4. The molecule has 2 aromatic carbocycles. The lowest BCUT2D eigenvalue weighted by Gasteiger charge is -2.33. The summed E-state index contributed by atoms with van der Waals surface area (Å²) in [6.07, 6.45) is 1.81. The summed E-state index contributed by atoms with van der Waals surface area (Å²) in [5, 5.41) is 3.56. The van der Waals surface area contributed by atoms with E-state index < -0.39 is 21.6 Å². The van der Waals surface area contributed by atoms with E-state index in [0.29, 0.717) is 11.4 Å². The number of nitrogens with one attached hydrogen (secondary N) is 1. The van der Waals surface area contributed by atoms with E-state index in [0.717, 1.165) is 16.1 Å². The molecule has 0 radical (unpaired) electrons. The van der Waals surface area contributed by atoms with Crippen LogP contribution in [0.1, 0.15) is 52.5 Å². The second kappa shape index (κ2) is 12.8. The molecule has 2 amide bonds. The van der Waals surface area contributed by atoms with Gasteiger partial charge < -0.3 is 10.2 Å². The number of carbonyl (C=O) groups is 2. The van der Waals surface area contributed by atoms with E-state index in [1.54, 1.807) is 11.0 Å². The van der Waals surface area contributed by atoms with Gasteiger partial charge in [-0.15, -0.1) is 0 Å². The molecule has 0 aliphatic heterocycles. The highest BCUT2D eigenvalue weighted by molar-refractivity contribution is 7.92. The summed E-state index contributed by atoms with van der Waals surface area (Å²) in [7, 11) is -3.68. The molecule has 10 heteroatoms. The smallest absolute Gasteiger partial charge is 0.243 e. The topological polar surface area (TPSA) is 86.8 Å². The molecular formula is C26H35Cl2N3O4S. The molecule has 0 saturated heterocycles. The summed E-state index contributed by atoms with van der Waals surface area (Å²) >= 11 is 12.3. The lowest BCUT2D eigenvalue weighted by molar-refractivity contribution is -0.142. The second-order valence-electron chi connectivity index (χ2n) is 9.70. The Hall–Kier alpha value is -2.29. The first-order chi connectivity index (χ1) is 16.7. The summed E-state index contributed by atoms with van der Waals surface area (Å²) in [4.78, 5) is 28.1. The number of sulfonamides is 1. The summed E-state index contributed by atoms with van der Waals surface area (Å²) < 4.78 is 26.2. The molecule has 0 unspecified atom stereocenters. The van der Waals surface area contributed by atoms with Crippen LogP contribution >= 0.6 is 23.2 Å². The van der Waals surface area contributed by atoms with Gasteiger partial charge in [0.2, 0.25) is 21.8 Å². The van der Waals surface area contributed by atoms with Crippen LogP contribution in [0.3, 0.4) is 0 Å². The maximum absolute atomic E-state index is 13.4. The van der Waals surface area contributed by atoms with Gasteiger partial charge in [-0.3, -0.25) is 13.9 Å². The Balaban J connectivity index is 2.24. The molecule has 0 aromatic heterocycles. The number of halogens is 2. The minimum atomic E-state index is -3.68. The van der Waals surface area contributed by atoms with Crippen LogP contribution in [0.5, 0.6) is 0 Å². The van der Waals surface area contributed by atoms with E-state index in [-0.39, 0.29) is 48.5 Å². The number of rotatable bonds is 11. The van der Waals surface area contributed by atoms with E-state index in [9.17, 15) is 18.0 Å². The minimum Gasteiger partial charge on any atom is -0.350 e. The predicted molar refractivity (Wildman–Crippen MR) is 147 cm³/mol. The third-order valence-corrected chi connectivity index (χ3v) is 7.14. The number of amides is 2. The Morgan fingerprint density at radius 3 is 2.25 bits per heavy atom. The van der Waals surface area contributed by atoms with Crippen molar-refractivity contribution >= 4 is 50.7 Å². The molecule has 198 valence electrons. The minimum absolute atomic E-state index is 0.0365. The fraction of sp³-hybridized carbons (Fsp3) is 0.462. The predicted octanol–water partition coefficient (Wildman–Crippen LogP) is 5.26. The fourth-order valence-corrected chi connectivity index (χ4v) is 5.22. The number of nitrogens with zero attached hydrogens (tertiary/aromatic N) is 2. The van der Waals surface area contributed by atoms with Crippen molar-refractivity contribution in [3.63, 3.8) is 0 Å². The van der Waals surface area contributed by atoms with Crippen molar-refractivity contribution in [2.75, 3.05) is 17.1 Å². The Kier molecular flexibility index (Phi) is 10.6. The first-order valence-corrected chi connectivity index (χ1v) is 14.4. The van der Waals surface area contributed by atoms with Crippen molar-refractivity contribution in [2.24, 2.45) is 0 Å². The van der Waals surface area contributed by atoms with Crippen molar-refractivity contribution in [1.82, 2.24) is 10.2 Å². The average molecular weight is 557 g/mol. The van der Waals surface area contributed by atoms with E-state index in [1.807, 2.05) is 58.0 Å². The molecule has 0 aliphatic rings. The number of hydrogen-bond acceptors (Lipinski definition) is 4. The molecule has 0 fully saturated rings. The number of hydrogen-bond donors (Lipinski definition) is 1. The highest BCUT2D eigenvalue weighted by atomic mass is 35.5. The molecule has 0 saturated carbocycles. The SMILES string of the molecule is CC[C@@H](C(=O)NC(C)(C)C)N(Cc1ccccc1)C(=O)CCCN(c1cc(Cl)ccc1Cl)S(C)(=O)=O. The van der Waals surface area contributed by atoms with Crippen molar-refractivity contribution in [1.29, 1.82) is 0 Å². The number of benzene rings is 2. The zero-order chi connectivity index (χ0) is 27.1. The number of anilines is 1. The quantitative estimate of drug-likeness (QED) is 0.409. The molecule has 1 atom stereocenters. The van der Waals surface area contributed by atoms with Gasteiger partial charge in [-0.25, -0.2) is 8.42 Å². The molecule has 36 heavy (non-hydrogen) atoms. The van der Waals surface area contributed by atoms with Crippen LogP contribution < -0.4 is 9.62 Å². The molecule has 2 rings (SSSR count). The molecule has 0 bridgehead atoms. The van der Waals surface area contributed by atoms with Gasteiger partial charge in [0.1, 0.15) is 6.04 Å². The van der Waals surface area contributed by atoms with Gasteiger partial charge in [0.05, 0.1) is 17.0 Å². The first kappa shape index (κ1) is 29.9. The summed E-state index contributed by atoms with van der Waals surface area (Å²) in [6, 6.07) is 13.4. The molecule has 2 aromatic rings. The van der Waals surface area contributed by atoms with Crippen LogP contribution in [-0.2, 0) is 26.2 Å². The Labute approximate surface area is 224 Å². The average Bonchev–Trinajstić information content (AvgIpc) is 2.77. The van der Waals surface area contributed by atoms with Gasteiger partial charge in [0.25, 0.3) is 0 Å². The highest BCUT2D eigenvalue weighted by Crippen LogP contribution is 2.31. The van der Waals surface area contributed by atoms with Crippen LogP contribution in [0.15, 0.2) is 48.5 Å². The lowest BCUT2D eigenvalue weighted by atomic mass is 10.0. The van der Waals surface area contributed by atoms with Crippen molar-refractivity contribution in [3.8, 4) is 0 Å². The summed E-state index contributed by atoms with van der Waals surface area (Å²) in [5.74, 6) is -0.460. The van der Waals surface area contributed by atoms with E-state index in [2.05, 4.69) is 5.32 Å². The van der Waals surface area contributed by atoms with Crippen LogP contribution in [0.2, 0.25) is 10.0 Å². The number of carbonyl (C=O) groups excluding carboxylic acids is 2. The zero-order valence-corrected chi connectivity index (χ0v) is 23.8. The summed E-state index contributed by atoms with van der Waals surface area (Å²) in [6.45, 7) is 7.84. The maximum Gasteiger partial charge on any atom is 0.243 e. The molecule has 0 spiro atoms. The molecule has 0 heterocycles. The fourth-order valence-electron chi connectivity index (χ4n) is 3.81. The highest BCUT2D eigenvalue weighted by Gasteiger charge is 2.30. The van der Waals surface area contributed by atoms with E-state index in [4.69, 9.17) is 23.2 Å². The molecule has 7 nitrogen and oxygen atoms in total. The lowest BCUT2D eigenvalue weighted by Crippen LogP contribution is -2.53. The summed E-state index contributed by atoms with van der Waals surface area (Å²) in [5.41, 5.74) is 0.714. The van der Waals surface area contributed by atoms with Gasteiger partial charge in [0, 0.05) is 30.1 Å². The third-order valence-electron chi connectivity index (χ3n) is 5.41. The largest absolute Gasteiger partial charge is 0.350 e. The van der Waals surface area contributed by atoms with Crippen LogP contribution in [0, 0.1) is 0 Å². The van der Waals surface area contributed by atoms with Gasteiger partial charge in [-0.1, -0.05) is 60.5 Å². The van der Waals surface area contributed by atoms with Gasteiger partial charge in [0.15, 0.2) is 0 Å². The van der Waals surface area contributed by atoms with Crippen molar-refractivity contribution in [3.05, 3.63) is 64.1 Å². The maximum atomic E-state index is 13.4. The Bertz CT molecular complexity index is 1150. The Morgan fingerprint density at radius 1 is 1.06 bits per heavy atom. The standard InChI is InChI=1S/C26H35Cl2N3O4S/c1-6-22(25(33)29-26(2,3)4)30(18-19-11-8-7-9-12-19)24(32)13-10-16-31(36(5,34)35)23-17-20(27)14-15-21(23)28/h7-9,11-12,14-15,17,22H,6,10,13,16,18H2,1-5H3,(H,29,33)/t22-/m0/s1. The van der Waals surface area contributed by atoms with Gasteiger partial charge in [-0.2, -0.15) is 0 Å². The molecular weight excluding hydrogens is 521 g/mol. The van der Waals surface area contributed by atoms with Crippen molar-refractivity contribution in [2.45, 2.75) is 65.1 Å². The molecule has 0 aliphatic carbocycles. The van der Waals surface area contributed by atoms with Crippen LogP contribution in [0.25, 0.3) is 0 Å². The van der Waals surface area contributed by atoms with E-state index in [1.165, 1.54) is 12.1 Å². The van der Waals surface area contributed by atoms with Gasteiger partial charge >= 0.3 is 0 Å². The van der Waals surface area contributed by atoms with E-state index >= 15 is 0 Å². The third kappa shape index (κ3) is 8.98. The first-order valence-electron chi connectivity index (χ1n) is 11.8. The second-order valence-corrected chi connectivity index (χ2v) is 12.5.